The van der Waals surface area contributed by atoms with Crippen molar-refractivity contribution in [3.05, 3.63) is 35.4 Å². The lowest BCUT2D eigenvalue weighted by Crippen LogP contribution is -2.65. The fraction of sp³-hybridized carbons (Fsp3) is 0.654. The van der Waals surface area contributed by atoms with E-state index in [2.05, 4.69) is 15.2 Å². The molecule has 2 aliphatic carbocycles. The Balaban J connectivity index is 0.948. The summed E-state index contributed by atoms with van der Waals surface area (Å²) in [5.41, 5.74) is -1.96. The third-order valence-corrected chi connectivity index (χ3v) is 9.89. The van der Waals surface area contributed by atoms with E-state index in [1.54, 1.807) is 0 Å². The Bertz CT molecular complexity index is 1400. The number of urea groups is 1. The molecule has 1 aromatic carbocycles. The Morgan fingerprint density at radius 2 is 1.85 bits per heavy atom. The predicted octanol–water partition coefficient (Wildman–Crippen LogP) is 3.30. The number of aromatic nitrogens is 3. The van der Waals surface area contributed by atoms with Gasteiger partial charge in [0.25, 0.3) is 0 Å². The monoisotopic (exact) mass is 583 g/mol. The molecular weight excluding hydrogens is 551 g/mol. The number of halogens is 3. The van der Waals surface area contributed by atoms with Crippen LogP contribution in [0.3, 0.4) is 0 Å². The number of benzene rings is 1. The highest BCUT2D eigenvalue weighted by Crippen LogP contribution is 2.56. The molecule has 0 bridgehead atoms. The van der Waals surface area contributed by atoms with Gasteiger partial charge >= 0.3 is 12.2 Å². The second kappa shape index (κ2) is 9.33. The minimum Gasteiger partial charge on any atom is -0.493 e. The van der Waals surface area contributed by atoms with Crippen LogP contribution in [0, 0.1) is 11.3 Å². The van der Waals surface area contributed by atoms with Crippen LogP contribution in [0.15, 0.2) is 23.1 Å². The first-order valence-corrected chi connectivity index (χ1v) is 15.4. The maximum atomic E-state index is 13.4. The minimum absolute atomic E-state index is 0.0116. The van der Waals surface area contributed by atoms with Crippen LogP contribution in [0.25, 0.3) is 0 Å². The lowest BCUT2D eigenvalue weighted by atomic mass is 9.57. The van der Waals surface area contributed by atoms with Crippen LogP contribution in [0.4, 0.5) is 18.0 Å². The molecule has 3 heterocycles. The molecule has 1 aromatic heterocycles. The zero-order chi connectivity index (χ0) is 28.5. The average Bonchev–Trinajstić information content (AvgIpc) is 3.40. The van der Waals surface area contributed by atoms with Gasteiger partial charge in [-0.15, -0.1) is 0 Å². The summed E-state index contributed by atoms with van der Waals surface area (Å²) in [5.74, 6) is 1.61. The van der Waals surface area contributed by atoms with Crippen molar-refractivity contribution in [3.8, 4) is 5.75 Å². The molecule has 10 nitrogen and oxygen atoms in total. The van der Waals surface area contributed by atoms with Crippen LogP contribution in [0.5, 0.6) is 5.75 Å². The number of carbonyl (C=O) groups is 1. The summed E-state index contributed by atoms with van der Waals surface area (Å²) in [7, 11) is -4.04. The van der Waals surface area contributed by atoms with Gasteiger partial charge in [-0.25, -0.2) is 18.2 Å². The van der Waals surface area contributed by atoms with Gasteiger partial charge in [-0.3, -0.25) is 5.10 Å². The van der Waals surface area contributed by atoms with Gasteiger partial charge < -0.3 is 19.6 Å². The molecule has 2 N–H and O–H groups in total. The Hall–Kier alpha value is -2.87. The number of likely N-dealkylation sites (tertiary alicyclic amines) is 2. The molecule has 4 fully saturated rings. The number of hydrogen-bond donors (Lipinski definition) is 2. The molecule has 2 aromatic rings. The molecule has 1 spiro atoms. The highest BCUT2D eigenvalue weighted by Gasteiger charge is 2.56. The number of H-pyrrole nitrogens is 1. The van der Waals surface area contributed by atoms with E-state index in [-0.39, 0.29) is 35.6 Å². The number of nitrogens with one attached hydrogen (secondary N) is 1. The van der Waals surface area contributed by atoms with Gasteiger partial charge in [-0.05, 0) is 62.6 Å². The molecule has 2 saturated heterocycles. The first kappa shape index (κ1) is 27.3. The largest absolute Gasteiger partial charge is 0.493 e. The Morgan fingerprint density at radius 1 is 1.18 bits per heavy atom. The SMILES string of the molecule is CS(=O)(=O)c1ccc(OCC2CCN(C(=O)N3CC4(CC(c5nc(C6(O)CC6)n[nH]5)C4)C3)CC2)cc1C(F)(F)F. The fourth-order valence-corrected chi connectivity index (χ4v) is 7.08. The number of amides is 2. The summed E-state index contributed by atoms with van der Waals surface area (Å²) in [6.45, 7) is 2.70. The van der Waals surface area contributed by atoms with E-state index in [9.17, 15) is 31.5 Å². The molecule has 218 valence electrons. The van der Waals surface area contributed by atoms with Crippen molar-refractivity contribution in [2.24, 2.45) is 11.3 Å². The van der Waals surface area contributed by atoms with E-state index in [1.165, 1.54) is 6.07 Å². The molecule has 40 heavy (non-hydrogen) atoms. The minimum atomic E-state index is -4.82. The van der Waals surface area contributed by atoms with Gasteiger partial charge in [0, 0.05) is 43.8 Å². The van der Waals surface area contributed by atoms with E-state index in [0.29, 0.717) is 57.7 Å². The molecule has 6 rings (SSSR count). The van der Waals surface area contributed by atoms with Gasteiger partial charge in [-0.2, -0.15) is 18.3 Å². The van der Waals surface area contributed by atoms with Crippen molar-refractivity contribution in [3.63, 3.8) is 0 Å². The second-order valence-electron chi connectivity index (χ2n) is 12.0. The van der Waals surface area contributed by atoms with Crippen LogP contribution < -0.4 is 4.74 Å². The lowest BCUT2D eigenvalue weighted by Gasteiger charge is -2.59. The topological polar surface area (TPSA) is 129 Å². The number of sulfone groups is 1. The first-order chi connectivity index (χ1) is 18.7. The van der Waals surface area contributed by atoms with Crippen LogP contribution in [0.2, 0.25) is 0 Å². The van der Waals surface area contributed by atoms with Crippen LogP contribution >= 0.6 is 0 Å². The van der Waals surface area contributed by atoms with Crippen LogP contribution in [-0.4, -0.2) is 83.6 Å². The van der Waals surface area contributed by atoms with Crippen molar-refractivity contribution in [2.45, 2.75) is 61.1 Å². The molecule has 0 unspecified atom stereocenters. The summed E-state index contributed by atoms with van der Waals surface area (Å²) in [6, 6.07) is 2.92. The molecule has 2 amide bonds. The third kappa shape index (κ3) is 5.15. The zero-order valence-electron chi connectivity index (χ0n) is 22.1. The van der Waals surface area contributed by atoms with Crippen molar-refractivity contribution >= 4 is 15.9 Å². The number of aliphatic hydroxyl groups is 1. The third-order valence-electron chi connectivity index (χ3n) is 8.74. The quantitative estimate of drug-likeness (QED) is 0.534. The number of carbonyl (C=O) groups excluding carboxylic acids is 1. The van der Waals surface area contributed by atoms with Crippen molar-refractivity contribution < 1.29 is 36.2 Å². The Morgan fingerprint density at radius 3 is 2.45 bits per heavy atom. The maximum absolute atomic E-state index is 13.4. The number of aromatic amines is 1. The summed E-state index contributed by atoms with van der Waals surface area (Å²) < 4.78 is 69.3. The zero-order valence-corrected chi connectivity index (χ0v) is 22.9. The molecule has 0 radical (unpaired) electrons. The number of alkyl halides is 3. The number of hydrogen-bond acceptors (Lipinski definition) is 7. The predicted molar refractivity (Wildman–Crippen MR) is 135 cm³/mol. The molecule has 0 atom stereocenters. The van der Waals surface area contributed by atoms with E-state index in [0.717, 1.165) is 37.1 Å². The molecule has 4 aliphatic rings. The van der Waals surface area contributed by atoms with Gasteiger partial charge in [0.15, 0.2) is 15.7 Å². The molecule has 2 saturated carbocycles. The lowest BCUT2D eigenvalue weighted by molar-refractivity contribution is -0.140. The van der Waals surface area contributed by atoms with Gasteiger partial charge in [-0.1, -0.05) is 0 Å². The Labute approximate surface area is 229 Å². The number of ether oxygens (including phenoxy) is 1. The van der Waals surface area contributed by atoms with Gasteiger partial charge in [0.1, 0.15) is 17.2 Å². The second-order valence-corrected chi connectivity index (χ2v) is 14.0. The normalized spacial score (nSPS) is 22.6. The molecular formula is C26H32F3N5O5S. The summed E-state index contributed by atoms with van der Waals surface area (Å²) in [6.07, 6.45) is 0.522. The van der Waals surface area contributed by atoms with Crippen molar-refractivity contribution in [1.29, 1.82) is 0 Å². The van der Waals surface area contributed by atoms with E-state index in [4.69, 9.17) is 4.74 Å². The first-order valence-electron chi connectivity index (χ1n) is 13.5. The van der Waals surface area contributed by atoms with Crippen LogP contribution in [-0.2, 0) is 21.6 Å². The maximum Gasteiger partial charge on any atom is 0.417 e. The summed E-state index contributed by atoms with van der Waals surface area (Å²) in [4.78, 5) is 20.4. The highest BCUT2D eigenvalue weighted by molar-refractivity contribution is 7.90. The summed E-state index contributed by atoms with van der Waals surface area (Å²) in [5, 5.41) is 17.3. The average molecular weight is 584 g/mol. The number of piperidine rings is 1. The number of rotatable bonds is 6. The van der Waals surface area contributed by atoms with Crippen molar-refractivity contribution in [2.75, 3.05) is 39.0 Å². The van der Waals surface area contributed by atoms with E-state index >= 15 is 0 Å². The van der Waals surface area contributed by atoms with Gasteiger partial charge in [0.2, 0.25) is 0 Å². The highest BCUT2D eigenvalue weighted by atomic mass is 32.2. The number of nitrogens with zero attached hydrogens (tertiary/aromatic N) is 4. The van der Waals surface area contributed by atoms with Crippen molar-refractivity contribution in [1.82, 2.24) is 25.0 Å². The molecule has 2 aliphatic heterocycles. The van der Waals surface area contributed by atoms with E-state index < -0.39 is 32.1 Å². The summed E-state index contributed by atoms with van der Waals surface area (Å²) >= 11 is 0. The molecule has 14 heteroatoms. The van der Waals surface area contributed by atoms with E-state index in [1.807, 2.05) is 9.80 Å². The Kier molecular flexibility index (Phi) is 6.37. The fourth-order valence-electron chi connectivity index (χ4n) is 6.19. The smallest absolute Gasteiger partial charge is 0.417 e. The van der Waals surface area contributed by atoms with Crippen LogP contribution in [0.1, 0.15) is 61.7 Å². The van der Waals surface area contributed by atoms with Gasteiger partial charge in [0.05, 0.1) is 17.1 Å². The standard InChI is InChI=1S/C26H32F3N5O5S/c1-40(37,38)20-3-2-18(10-19(20)26(27,28)29)39-13-16-4-8-33(9-5-16)23(35)34-14-24(15-34)11-17(12-24)21-30-22(32-31-21)25(36)6-7-25/h2-3,10,16-17,36H,4-9,11-15H2,1H3,(H,30,31,32).